The molecule has 0 amide bonds. The number of rotatable bonds is 10. The molecule has 14 heavy (non-hydrogen) atoms. The maximum Gasteiger partial charge on any atom is 0.0850 e. The normalized spacial score (nSPS) is 13.0. The minimum atomic E-state index is 0.960. The van der Waals surface area contributed by atoms with Gasteiger partial charge in [-0.3, -0.25) is 0 Å². The SMILES string of the molecule is [CH2+]CCCCCCC(C)CCCCC. The van der Waals surface area contributed by atoms with Crippen LogP contribution in [0.5, 0.6) is 0 Å². The molecule has 0 aromatic rings. The van der Waals surface area contributed by atoms with Crippen LogP contribution in [0, 0.1) is 12.8 Å². The van der Waals surface area contributed by atoms with Crippen molar-refractivity contribution < 1.29 is 0 Å². The Morgan fingerprint density at radius 2 is 1.43 bits per heavy atom. The van der Waals surface area contributed by atoms with Gasteiger partial charge in [0.15, 0.2) is 0 Å². The lowest BCUT2D eigenvalue weighted by molar-refractivity contribution is 0.438. The van der Waals surface area contributed by atoms with Crippen molar-refractivity contribution in [3.8, 4) is 0 Å². The molecule has 1 atom stereocenters. The van der Waals surface area contributed by atoms with E-state index in [9.17, 15) is 0 Å². The van der Waals surface area contributed by atoms with E-state index in [2.05, 4.69) is 20.8 Å². The Bertz CT molecular complexity index is 96.2. The van der Waals surface area contributed by atoms with E-state index in [1.165, 1.54) is 57.8 Å². The quantitative estimate of drug-likeness (QED) is 0.326. The van der Waals surface area contributed by atoms with Gasteiger partial charge in [-0.05, 0) is 18.8 Å². The van der Waals surface area contributed by atoms with Gasteiger partial charge in [-0.15, -0.1) is 0 Å². The van der Waals surface area contributed by atoms with Crippen LogP contribution in [0.4, 0.5) is 0 Å². The van der Waals surface area contributed by atoms with Gasteiger partial charge in [-0.2, -0.15) is 0 Å². The second-order valence-electron chi connectivity index (χ2n) is 4.66. The van der Waals surface area contributed by atoms with E-state index in [-0.39, 0.29) is 0 Å². The van der Waals surface area contributed by atoms with Gasteiger partial charge < -0.3 is 0 Å². The summed E-state index contributed by atoms with van der Waals surface area (Å²) >= 11 is 0. The summed E-state index contributed by atoms with van der Waals surface area (Å²) in [5.74, 6) is 0.960. The second kappa shape index (κ2) is 10.9. The number of hydrogen-bond donors (Lipinski definition) is 0. The van der Waals surface area contributed by atoms with E-state index in [1.807, 2.05) is 0 Å². The summed E-state index contributed by atoms with van der Waals surface area (Å²) in [5, 5.41) is 0. The first-order valence-corrected chi connectivity index (χ1v) is 6.60. The van der Waals surface area contributed by atoms with Gasteiger partial charge in [0.1, 0.15) is 0 Å². The summed E-state index contributed by atoms with van der Waals surface area (Å²) in [6.45, 7) is 8.56. The van der Waals surface area contributed by atoms with Crippen molar-refractivity contribution in [3.63, 3.8) is 0 Å². The maximum absolute atomic E-state index is 3.87. The highest BCUT2D eigenvalue weighted by Crippen LogP contribution is 2.17. The van der Waals surface area contributed by atoms with E-state index in [0.29, 0.717) is 0 Å². The fraction of sp³-hybridized carbons (Fsp3) is 0.929. The van der Waals surface area contributed by atoms with Crippen LogP contribution in [-0.4, -0.2) is 0 Å². The summed E-state index contributed by atoms with van der Waals surface area (Å²) < 4.78 is 0. The zero-order valence-electron chi connectivity index (χ0n) is 10.4. The Labute approximate surface area is 91.5 Å². The molecular weight excluding hydrogens is 168 g/mol. The first-order valence-electron chi connectivity index (χ1n) is 6.60. The third kappa shape index (κ3) is 9.95. The lowest BCUT2D eigenvalue weighted by Crippen LogP contribution is -1.94. The van der Waals surface area contributed by atoms with Crippen LogP contribution >= 0.6 is 0 Å². The van der Waals surface area contributed by atoms with Crippen LogP contribution in [0.25, 0.3) is 0 Å². The predicted molar refractivity (Wildman–Crippen MR) is 66.4 cm³/mol. The van der Waals surface area contributed by atoms with E-state index >= 15 is 0 Å². The molecule has 0 aliphatic carbocycles. The number of hydrogen-bond acceptors (Lipinski definition) is 0. The highest BCUT2D eigenvalue weighted by Gasteiger charge is 2.01. The summed E-state index contributed by atoms with van der Waals surface area (Å²) in [5.41, 5.74) is 0. The highest BCUT2D eigenvalue weighted by atomic mass is 14.1. The fourth-order valence-electron chi connectivity index (χ4n) is 1.91. The second-order valence-corrected chi connectivity index (χ2v) is 4.66. The van der Waals surface area contributed by atoms with E-state index in [0.717, 1.165) is 12.3 Å². The molecule has 0 nitrogen and oxygen atoms in total. The van der Waals surface area contributed by atoms with Crippen molar-refractivity contribution in [3.05, 3.63) is 6.92 Å². The Morgan fingerprint density at radius 1 is 0.857 bits per heavy atom. The molecule has 0 N–H and O–H groups in total. The predicted octanol–water partition coefficient (Wildman–Crippen LogP) is 5.38. The van der Waals surface area contributed by atoms with Crippen molar-refractivity contribution >= 4 is 0 Å². The molecule has 0 saturated carbocycles. The van der Waals surface area contributed by atoms with E-state index < -0.39 is 0 Å². The Kier molecular flexibility index (Phi) is 10.8. The lowest BCUT2D eigenvalue weighted by atomic mass is 9.96. The Morgan fingerprint density at radius 3 is 2.00 bits per heavy atom. The van der Waals surface area contributed by atoms with E-state index in [4.69, 9.17) is 0 Å². The van der Waals surface area contributed by atoms with Crippen LogP contribution in [0.2, 0.25) is 0 Å². The van der Waals surface area contributed by atoms with Gasteiger partial charge in [-0.1, -0.05) is 58.8 Å². The van der Waals surface area contributed by atoms with E-state index in [1.54, 1.807) is 0 Å². The zero-order valence-corrected chi connectivity index (χ0v) is 10.4. The molecule has 0 spiro atoms. The highest BCUT2D eigenvalue weighted by molar-refractivity contribution is 4.55. The molecular formula is C14H29+. The molecule has 0 rings (SSSR count). The third-order valence-corrected chi connectivity index (χ3v) is 3.00. The van der Waals surface area contributed by atoms with Crippen molar-refractivity contribution in [1.29, 1.82) is 0 Å². The maximum atomic E-state index is 3.87. The summed E-state index contributed by atoms with van der Waals surface area (Å²) in [4.78, 5) is 0. The summed E-state index contributed by atoms with van der Waals surface area (Å²) in [6, 6.07) is 0. The fourth-order valence-corrected chi connectivity index (χ4v) is 1.91. The minimum Gasteiger partial charge on any atom is -0.0654 e. The van der Waals surface area contributed by atoms with Crippen LogP contribution in [0.3, 0.4) is 0 Å². The molecule has 0 aliphatic heterocycles. The molecule has 0 aromatic heterocycles. The first-order chi connectivity index (χ1) is 6.81. The average molecular weight is 197 g/mol. The molecule has 0 fully saturated rings. The molecule has 0 saturated heterocycles. The van der Waals surface area contributed by atoms with Crippen molar-refractivity contribution in [1.82, 2.24) is 0 Å². The largest absolute Gasteiger partial charge is 0.0850 e. The van der Waals surface area contributed by atoms with Crippen LogP contribution in [0.1, 0.15) is 78.1 Å². The summed E-state index contributed by atoms with van der Waals surface area (Å²) in [6.07, 6.45) is 13.8. The van der Waals surface area contributed by atoms with Gasteiger partial charge in [0.25, 0.3) is 0 Å². The van der Waals surface area contributed by atoms with Crippen LogP contribution in [0.15, 0.2) is 0 Å². The molecule has 1 unspecified atom stereocenters. The number of unbranched alkanes of at least 4 members (excludes halogenated alkanes) is 6. The van der Waals surface area contributed by atoms with Crippen molar-refractivity contribution in [2.24, 2.45) is 5.92 Å². The smallest absolute Gasteiger partial charge is 0.0654 e. The minimum absolute atomic E-state index is 0.960. The lowest BCUT2D eigenvalue weighted by Gasteiger charge is -2.10. The van der Waals surface area contributed by atoms with Gasteiger partial charge in [0.05, 0.1) is 13.3 Å². The van der Waals surface area contributed by atoms with Gasteiger partial charge in [0, 0.05) is 0 Å². The molecule has 0 aliphatic rings. The topological polar surface area (TPSA) is 0 Å². The van der Waals surface area contributed by atoms with Crippen molar-refractivity contribution in [2.45, 2.75) is 78.1 Å². The molecule has 0 heteroatoms. The third-order valence-electron chi connectivity index (χ3n) is 3.00. The molecule has 84 valence electrons. The molecule has 0 radical (unpaired) electrons. The average Bonchev–Trinajstić information content (AvgIpc) is 2.18. The zero-order chi connectivity index (χ0) is 10.6. The van der Waals surface area contributed by atoms with Gasteiger partial charge in [-0.25, -0.2) is 0 Å². The Hall–Kier alpha value is -0.130. The molecule has 0 bridgehead atoms. The van der Waals surface area contributed by atoms with Crippen LogP contribution < -0.4 is 0 Å². The van der Waals surface area contributed by atoms with Crippen LogP contribution in [-0.2, 0) is 0 Å². The Balaban J connectivity index is 3.06. The van der Waals surface area contributed by atoms with Crippen molar-refractivity contribution in [2.75, 3.05) is 0 Å². The standard InChI is InChI=1S/C14H29/c1-4-6-8-9-11-13-14(3)12-10-7-5-2/h14H,1,4-13H2,2-3H3/q+1. The molecule has 0 heterocycles. The molecule has 0 aromatic carbocycles. The summed E-state index contributed by atoms with van der Waals surface area (Å²) in [7, 11) is 0. The van der Waals surface area contributed by atoms with Gasteiger partial charge >= 0.3 is 0 Å². The van der Waals surface area contributed by atoms with Gasteiger partial charge in [0.2, 0.25) is 0 Å². The first kappa shape index (κ1) is 13.9. The monoisotopic (exact) mass is 197 g/mol.